The zero-order valence-corrected chi connectivity index (χ0v) is 13.1. The average Bonchev–Trinajstić information content (AvgIpc) is 2.47. The maximum absolute atomic E-state index is 12.5. The number of urea groups is 1. The van der Waals surface area contributed by atoms with E-state index in [1.807, 2.05) is 0 Å². The van der Waals surface area contributed by atoms with Crippen LogP contribution < -0.4 is 10.6 Å². The number of unbranched alkanes of at least 4 members (excludes halogenated alkanes) is 3. The number of carbonyl (C=O) groups excluding carboxylic acids is 1. The summed E-state index contributed by atoms with van der Waals surface area (Å²) in [7, 11) is -4.67. The van der Waals surface area contributed by atoms with Gasteiger partial charge in [0.15, 0.2) is 0 Å². The van der Waals surface area contributed by atoms with Crippen molar-refractivity contribution in [2.45, 2.75) is 43.3 Å². The Bertz CT molecular complexity index is 592. The minimum atomic E-state index is -4.67. The van der Waals surface area contributed by atoms with Gasteiger partial charge in [0, 0.05) is 12.2 Å². The maximum Gasteiger partial charge on any atom is 0.341 e. The van der Waals surface area contributed by atoms with Crippen LogP contribution in [0.5, 0.6) is 0 Å². The number of benzene rings is 1. The highest BCUT2D eigenvalue weighted by Crippen LogP contribution is 2.21. The van der Waals surface area contributed by atoms with E-state index in [-0.39, 0.29) is 5.69 Å². The molecule has 0 aromatic heterocycles. The second kappa shape index (κ2) is 8.67. The van der Waals surface area contributed by atoms with Crippen molar-refractivity contribution >= 4 is 21.6 Å². The van der Waals surface area contributed by atoms with E-state index in [0.717, 1.165) is 37.8 Å². The minimum Gasteiger partial charge on any atom is -0.338 e. The molecule has 0 fully saturated rings. The molecule has 8 heteroatoms. The van der Waals surface area contributed by atoms with Gasteiger partial charge in [-0.2, -0.15) is 8.78 Å². The molecule has 0 unspecified atom stereocenters. The molecule has 0 saturated heterocycles. The predicted octanol–water partition coefficient (Wildman–Crippen LogP) is 3.38. The molecule has 0 saturated carbocycles. The molecule has 124 valence electrons. The van der Waals surface area contributed by atoms with Crippen LogP contribution in [0.15, 0.2) is 29.2 Å². The molecule has 5 nitrogen and oxygen atoms in total. The Morgan fingerprint density at radius 3 is 2.59 bits per heavy atom. The molecule has 0 radical (unpaired) electrons. The third-order valence-corrected chi connectivity index (χ3v) is 4.35. The van der Waals surface area contributed by atoms with Gasteiger partial charge in [0.05, 0.1) is 4.90 Å². The van der Waals surface area contributed by atoms with Crippen LogP contribution in [0.25, 0.3) is 0 Å². The second-order valence-corrected chi connectivity index (χ2v) is 6.69. The standard InChI is InChI=1S/C14H20F2N2O3S/c1-2-3-4-5-9-17-14(19)18-11-7-6-8-12(10-11)22(20,21)13(15)16/h6-8,10,13H,2-5,9H2,1H3,(H2,17,18,19). The van der Waals surface area contributed by atoms with Crippen LogP contribution in [0.2, 0.25) is 0 Å². The van der Waals surface area contributed by atoms with E-state index in [1.165, 1.54) is 12.1 Å². The van der Waals surface area contributed by atoms with Crippen molar-refractivity contribution < 1.29 is 22.0 Å². The van der Waals surface area contributed by atoms with Crippen LogP contribution in [-0.4, -0.2) is 26.8 Å². The molecule has 0 atom stereocenters. The number of halogens is 2. The van der Waals surface area contributed by atoms with Gasteiger partial charge in [-0.3, -0.25) is 0 Å². The molecule has 1 aromatic rings. The van der Waals surface area contributed by atoms with Gasteiger partial charge in [0.2, 0.25) is 9.84 Å². The lowest BCUT2D eigenvalue weighted by Crippen LogP contribution is -2.29. The topological polar surface area (TPSA) is 75.3 Å². The maximum atomic E-state index is 12.5. The van der Waals surface area contributed by atoms with Gasteiger partial charge in [0.25, 0.3) is 0 Å². The van der Waals surface area contributed by atoms with Gasteiger partial charge in [-0.05, 0) is 24.6 Å². The fraction of sp³-hybridized carbons (Fsp3) is 0.500. The first kappa shape index (κ1) is 18.3. The van der Waals surface area contributed by atoms with Gasteiger partial charge in [-0.1, -0.05) is 32.3 Å². The summed E-state index contributed by atoms with van der Waals surface area (Å²) in [6.45, 7) is 2.58. The Balaban J connectivity index is 2.58. The Labute approximate surface area is 129 Å². The molecule has 0 spiro atoms. The van der Waals surface area contributed by atoms with Gasteiger partial charge < -0.3 is 10.6 Å². The van der Waals surface area contributed by atoms with Crippen molar-refractivity contribution in [3.8, 4) is 0 Å². The van der Waals surface area contributed by atoms with Crippen molar-refractivity contribution in [1.82, 2.24) is 5.32 Å². The number of nitrogens with one attached hydrogen (secondary N) is 2. The number of anilines is 1. The third-order valence-electron chi connectivity index (χ3n) is 2.97. The smallest absolute Gasteiger partial charge is 0.338 e. The Morgan fingerprint density at radius 1 is 1.23 bits per heavy atom. The van der Waals surface area contributed by atoms with E-state index in [9.17, 15) is 22.0 Å². The Morgan fingerprint density at radius 2 is 1.95 bits per heavy atom. The summed E-state index contributed by atoms with van der Waals surface area (Å²) in [6.07, 6.45) is 4.05. The second-order valence-electron chi connectivity index (χ2n) is 4.78. The molecule has 22 heavy (non-hydrogen) atoms. The summed E-state index contributed by atoms with van der Waals surface area (Å²) >= 11 is 0. The largest absolute Gasteiger partial charge is 0.341 e. The Kier molecular flexibility index (Phi) is 7.23. The van der Waals surface area contributed by atoms with Crippen LogP contribution in [0.4, 0.5) is 19.3 Å². The summed E-state index contributed by atoms with van der Waals surface area (Å²) in [5, 5.41) is 5.05. The lowest BCUT2D eigenvalue weighted by Gasteiger charge is -2.09. The van der Waals surface area contributed by atoms with Crippen LogP contribution in [0.1, 0.15) is 32.6 Å². The number of amides is 2. The van der Waals surface area contributed by atoms with Gasteiger partial charge in [-0.15, -0.1) is 0 Å². The number of hydrogen-bond acceptors (Lipinski definition) is 3. The molecule has 0 aliphatic heterocycles. The quantitative estimate of drug-likeness (QED) is 0.716. The molecule has 0 heterocycles. The van der Waals surface area contributed by atoms with Gasteiger partial charge in [0.1, 0.15) is 0 Å². The molecule has 0 bridgehead atoms. The van der Waals surface area contributed by atoms with Gasteiger partial charge in [-0.25, -0.2) is 13.2 Å². The van der Waals surface area contributed by atoms with E-state index in [2.05, 4.69) is 17.6 Å². The minimum absolute atomic E-state index is 0.146. The van der Waals surface area contributed by atoms with Crippen molar-refractivity contribution in [3.63, 3.8) is 0 Å². The number of carbonyl (C=O) groups is 1. The van der Waals surface area contributed by atoms with Crippen molar-refractivity contribution in [2.75, 3.05) is 11.9 Å². The molecule has 1 rings (SSSR count). The zero-order chi connectivity index (χ0) is 16.6. The van der Waals surface area contributed by atoms with Gasteiger partial charge >= 0.3 is 11.8 Å². The predicted molar refractivity (Wildman–Crippen MR) is 80.8 cm³/mol. The van der Waals surface area contributed by atoms with Crippen molar-refractivity contribution in [1.29, 1.82) is 0 Å². The highest BCUT2D eigenvalue weighted by molar-refractivity contribution is 7.91. The monoisotopic (exact) mass is 334 g/mol. The molecular formula is C14H20F2N2O3S. The number of hydrogen-bond donors (Lipinski definition) is 2. The molecule has 2 N–H and O–H groups in total. The lowest BCUT2D eigenvalue weighted by atomic mass is 10.2. The molecule has 0 aliphatic carbocycles. The SMILES string of the molecule is CCCCCCNC(=O)Nc1cccc(S(=O)(=O)C(F)F)c1. The lowest BCUT2D eigenvalue weighted by molar-refractivity contribution is 0.235. The fourth-order valence-electron chi connectivity index (χ4n) is 1.78. The van der Waals surface area contributed by atoms with Crippen LogP contribution in [0, 0.1) is 0 Å². The summed E-state index contributed by atoms with van der Waals surface area (Å²) in [4.78, 5) is 11.1. The van der Waals surface area contributed by atoms with E-state index in [0.29, 0.717) is 6.54 Å². The van der Waals surface area contributed by atoms with E-state index < -0.39 is 26.5 Å². The number of rotatable bonds is 8. The number of alkyl halides is 2. The van der Waals surface area contributed by atoms with Crippen LogP contribution in [-0.2, 0) is 9.84 Å². The molecule has 1 aromatic carbocycles. The third kappa shape index (κ3) is 5.59. The summed E-state index contributed by atoms with van der Waals surface area (Å²) in [5.41, 5.74) is 0.146. The average molecular weight is 334 g/mol. The first-order valence-electron chi connectivity index (χ1n) is 7.05. The van der Waals surface area contributed by atoms with Crippen molar-refractivity contribution in [3.05, 3.63) is 24.3 Å². The first-order valence-corrected chi connectivity index (χ1v) is 8.59. The van der Waals surface area contributed by atoms with Crippen LogP contribution >= 0.6 is 0 Å². The molecule has 2 amide bonds. The van der Waals surface area contributed by atoms with E-state index >= 15 is 0 Å². The van der Waals surface area contributed by atoms with E-state index in [4.69, 9.17) is 0 Å². The Hall–Kier alpha value is -1.70. The zero-order valence-electron chi connectivity index (χ0n) is 12.3. The van der Waals surface area contributed by atoms with Crippen molar-refractivity contribution in [2.24, 2.45) is 0 Å². The highest BCUT2D eigenvalue weighted by atomic mass is 32.2. The summed E-state index contributed by atoms with van der Waals surface area (Å²) < 4.78 is 47.7. The molecular weight excluding hydrogens is 314 g/mol. The normalized spacial score (nSPS) is 11.5. The van der Waals surface area contributed by atoms with Crippen LogP contribution in [0.3, 0.4) is 0 Å². The summed E-state index contributed by atoms with van der Waals surface area (Å²) in [5.74, 6) is -3.49. The first-order chi connectivity index (χ1) is 10.4. The van der Waals surface area contributed by atoms with E-state index in [1.54, 1.807) is 0 Å². The highest BCUT2D eigenvalue weighted by Gasteiger charge is 2.26. The number of sulfone groups is 1. The molecule has 0 aliphatic rings. The summed E-state index contributed by atoms with van der Waals surface area (Å²) in [6, 6.07) is 4.31. The fourth-order valence-corrected chi connectivity index (χ4v) is 2.55.